The van der Waals surface area contributed by atoms with E-state index in [-0.39, 0.29) is 21.3 Å². The lowest BCUT2D eigenvalue weighted by Gasteiger charge is -2.19. The topological polar surface area (TPSA) is 12.9 Å². The summed E-state index contributed by atoms with van der Waals surface area (Å²) < 4.78 is -3.63. The third kappa shape index (κ3) is 3.49. The van der Waals surface area contributed by atoms with Crippen molar-refractivity contribution in [2.75, 3.05) is 0 Å². The van der Waals surface area contributed by atoms with E-state index in [1.54, 1.807) is 0 Å². The smallest absolute Gasteiger partial charge is 0.220 e. The predicted octanol–water partition coefficient (Wildman–Crippen LogP) is 6.04. The minimum absolute atomic E-state index is 0.0235. The molecule has 1 heterocycles. The number of hydrogen-bond acceptors (Lipinski definition) is 1. The second kappa shape index (κ2) is 5.22. The molecule has 0 amide bonds. The van der Waals surface area contributed by atoms with Gasteiger partial charge in [-0.05, 0) is 0 Å². The van der Waals surface area contributed by atoms with E-state index in [0.717, 1.165) is 0 Å². The van der Waals surface area contributed by atoms with Crippen LogP contribution in [0.5, 0.6) is 0 Å². The third-order valence-electron chi connectivity index (χ3n) is 1.56. The van der Waals surface area contributed by atoms with Crippen molar-refractivity contribution in [1.82, 2.24) is 4.98 Å². The normalized spacial score (nSPS) is 13.0. The van der Waals surface area contributed by atoms with Crippen LogP contribution in [0.4, 0.5) is 0 Å². The largest absolute Gasteiger partial charge is 0.244 e. The van der Waals surface area contributed by atoms with Crippen LogP contribution in [0.2, 0.25) is 10.2 Å². The molecule has 0 aliphatic rings. The average molecular weight is 383 g/mol. The van der Waals surface area contributed by atoms with E-state index in [0.29, 0.717) is 0 Å². The lowest BCUT2D eigenvalue weighted by molar-refractivity contribution is 1.10. The van der Waals surface area contributed by atoms with Gasteiger partial charge in [0.25, 0.3) is 0 Å². The summed E-state index contributed by atoms with van der Waals surface area (Å²) in [7, 11) is 0. The highest BCUT2D eigenvalue weighted by Crippen LogP contribution is 2.50. The van der Waals surface area contributed by atoms with Gasteiger partial charge < -0.3 is 0 Å². The Morgan fingerprint density at radius 2 is 1.38 bits per heavy atom. The van der Waals surface area contributed by atoms with Crippen LogP contribution < -0.4 is 0 Å². The first-order valence-corrected chi connectivity index (χ1v) is 6.56. The first-order valence-electron chi connectivity index (χ1n) is 3.53. The van der Waals surface area contributed by atoms with Gasteiger partial charge in [0.1, 0.15) is 5.15 Å². The highest BCUT2D eigenvalue weighted by molar-refractivity contribution is 6.69. The first kappa shape index (κ1) is 15.5. The molecule has 16 heavy (non-hydrogen) atoms. The number of hydrogen-bond donors (Lipinski definition) is 0. The van der Waals surface area contributed by atoms with Crippen LogP contribution in [0.25, 0.3) is 0 Å². The molecule has 1 aromatic heterocycles. The zero-order chi connectivity index (χ0) is 12.7. The van der Waals surface area contributed by atoms with Crippen LogP contribution in [-0.4, -0.2) is 4.98 Å². The summed E-state index contributed by atoms with van der Waals surface area (Å²) in [6, 6.07) is 0. The summed E-state index contributed by atoms with van der Waals surface area (Å²) in [6.07, 6.45) is 1.21. The lowest BCUT2D eigenvalue weighted by Crippen LogP contribution is -2.10. The molecule has 0 radical (unpaired) electrons. The molecule has 0 aromatic carbocycles. The van der Waals surface area contributed by atoms with Crippen LogP contribution in [0.3, 0.4) is 0 Å². The molecule has 1 nitrogen and oxygen atoms in total. The minimum atomic E-state index is -1.85. The Kier molecular flexibility index (Phi) is 5.07. The van der Waals surface area contributed by atoms with Crippen LogP contribution in [0.15, 0.2) is 6.20 Å². The summed E-state index contributed by atoms with van der Waals surface area (Å²) in [6.45, 7) is 0. The standard InChI is InChI=1S/C7HCl8N/c8-4-2(6(10,11)12)1-16-5(9)3(4)7(13,14)15/h1H. The molecule has 1 rings (SSSR count). The van der Waals surface area contributed by atoms with E-state index in [4.69, 9.17) is 92.8 Å². The summed E-state index contributed by atoms with van der Waals surface area (Å²) in [4.78, 5) is 3.75. The molecule has 0 unspecified atom stereocenters. The van der Waals surface area contributed by atoms with Crippen molar-refractivity contribution in [1.29, 1.82) is 0 Å². The molecular weight excluding hydrogens is 382 g/mol. The minimum Gasteiger partial charge on any atom is -0.244 e. The fraction of sp³-hybridized carbons (Fsp3) is 0.286. The maximum absolute atomic E-state index is 5.95. The molecule has 9 heteroatoms. The Labute approximate surface area is 132 Å². The van der Waals surface area contributed by atoms with E-state index in [9.17, 15) is 0 Å². The average Bonchev–Trinajstić information content (AvgIpc) is 1.97. The predicted molar refractivity (Wildman–Crippen MR) is 72.7 cm³/mol. The van der Waals surface area contributed by atoms with Gasteiger partial charge in [-0.3, -0.25) is 0 Å². The fourth-order valence-corrected chi connectivity index (χ4v) is 3.08. The van der Waals surface area contributed by atoms with Crippen molar-refractivity contribution in [3.8, 4) is 0 Å². The summed E-state index contributed by atoms with van der Waals surface area (Å²) in [5, 5.41) is -0.108. The van der Waals surface area contributed by atoms with Gasteiger partial charge in [-0.2, -0.15) is 0 Å². The quantitative estimate of drug-likeness (QED) is 0.393. The number of halogens is 8. The molecule has 1 aromatic rings. The third-order valence-corrected chi connectivity index (χ3v) is 3.42. The maximum atomic E-state index is 5.95. The van der Waals surface area contributed by atoms with Crippen molar-refractivity contribution in [3.05, 3.63) is 27.5 Å². The molecule has 0 spiro atoms. The number of alkyl halides is 6. The molecular formula is C7HCl8N. The van der Waals surface area contributed by atoms with Crippen LogP contribution in [0.1, 0.15) is 11.1 Å². The van der Waals surface area contributed by atoms with Crippen LogP contribution in [-0.2, 0) is 7.59 Å². The van der Waals surface area contributed by atoms with Gasteiger partial charge in [0.15, 0.2) is 0 Å². The van der Waals surface area contributed by atoms with Gasteiger partial charge in [0.2, 0.25) is 7.59 Å². The van der Waals surface area contributed by atoms with Gasteiger partial charge in [-0.25, -0.2) is 4.98 Å². The van der Waals surface area contributed by atoms with Gasteiger partial charge in [-0.15, -0.1) is 0 Å². The Hall–Kier alpha value is 1.47. The van der Waals surface area contributed by atoms with Crippen molar-refractivity contribution in [2.24, 2.45) is 0 Å². The number of rotatable bonds is 0. The molecule has 0 bridgehead atoms. The Morgan fingerprint density at radius 1 is 0.875 bits per heavy atom. The second-order valence-corrected chi connectivity index (χ2v) is 7.95. The Balaban J connectivity index is 3.52. The number of pyridine rings is 1. The van der Waals surface area contributed by atoms with Crippen molar-refractivity contribution in [3.63, 3.8) is 0 Å². The van der Waals surface area contributed by atoms with E-state index < -0.39 is 7.59 Å². The summed E-state index contributed by atoms with van der Waals surface area (Å²) in [5.41, 5.74) is 0.0644. The van der Waals surface area contributed by atoms with E-state index >= 15 is 0 Å². The van der Waals surface area contributed by atoms with E-state index in [2.05, 4.69) is 4.98 Å². The van der Waals surface area contributed by atoms with E-state index in [1.165, 1.54) is 6.20 Å². The molecule has 0 aliphatic heterocycles. The molecule has 0 saturated heterocycles. The molecule has 0 atom stereocenters. The molecule has 0 aliphatic carbocycles. The van der Waals surface area contributed by atoms with Crippen molar-refractivity contribution < 1.29 is 0 Å². The van der Waals surface area contributed by atoms with Gasteiger partial charge in [-0.1, -0.05) is 92.8 Å². The van der Waals surface area contributed by atoms with Crippen LogP contribution >= 0.6 is 92.8 Å². The molecule has 0 N–H and O–H groups in total. The monoisotopic (exact) mass is 379 g/mol. The lowest BCUT2D eigenvalue weighted by atomic mass is 10.2. The summed E-state index contributed by atoms with van der Waals surface area (Å²) in [5.74, 6) is 0. The van der Waals surface area contributed by atoms with Crippen molar-refractivity contribution in [2.45, 2.75) is 7.59 Å². The SMILES string of the molecule is Clc1ncc(C(Cl)(Cl)Cl)c(Cl)c1C(Cl)(Cl)Cl. The maximum Gasteiger partial charge on any atom is 0.220 e. The zero-order valence-electron chi connectivity index (χ0n) is 7.05. The van der Waals surface area contributed by atoms with Gasteiger partial charge in [0, 0.05) is 11.8 Å². The zero-order valence-corrected chi connectivity index (χ0v) is 13.1. The molecule has 0 fully saturated rings. The highest BCUT2D eigenvalue weighted by atomic mass is 35.6. The summed E-state index contributed by atoms with van der Waals surface area (Å²) >= 11 is 45.8. The number of aromatic nitrogens is 1. The van der Waals surface area contributed by atoms with Gasteiger partial charge >= 0.3 is 0 Å². The first-order chi connectivity index (χ1) is 7.05. The highest BCUT2D eigenvalue weighted by Gasteiger charge is 2.35. The molecule has 90 valence electrons. The van der Waals surface area contributed by atoms with Crippen molar-refractivity contribution >= 4 is 92.8 Å². The second-order valence-electron chi connectivity index (χ2n) is 2.65. The van der Waals surface area contributed by atoms with Gasteiger partial charge in [0.05, 0.1) is 10.6 Å². The Morgan fingerprint density at radius 3 is 1.75 bits per heavy atom. The van der Waals surface area contributed by atoms with Crippen LogP contribution in [0, 0.1) is 0 Å². The Bertz CT molecular complexity index is 404. The molecule has 0 saturated carbocycles. The number of nitrogens with zero attached hydrogens (tertiary/aromatic N) is 1. The fourth-order valence-electron chi connectivity index (χ4n) is 0.907. The van der Waals surface area contributed by atoms with E-state index in [1.807, 2.05) is 0 Å².